The Balaban J connectivity index is 2.39. The maximum absolute atomic E-state index is 10.9. The van der Waals surface area contributed by atoms with E-state index < -0.39 is 18.2 Å². The number of esters is 1. The summed E-state index contributed by atoms with van der Waals surface area (Å²) in [6.07, 6.45) is 1.69. The molecular weight excluding hydrogens is 232 g/mol. The Morgan fingerprint density at radius 2 is 2.00 bits per heavy atom. The molecule has 0 spiro atoms. The van der Waals surface area contributed by atoms with E-state index in [9.17, 15) is 15.0 Å². The number of carbonyl (C=O) groups is 1. The van der Waals surface area contributed by atoms with Crippen LogP contribution in [-0.2, 0) is 9.53 Å². The van der Waals surface area contributed by atoms with Gasteiger partial charge in [0.05, 0.1) is 25.7 Å². The number of hydrogen-bond acceptors (Lipinski definition) is 4. The van der Waals surface area contributed by atoms with Crippen LogP contribution in [0.25, 0.3) is 6.08 Å². The average Bonchev–Trinajstić information content (AvgIpc) is 2.37. The van der Waals surface area contributed by atoms with Crippen molar-refractivity contribution in [1.82, 2.24) is 0 Å². The van der Waals surface area contributed by atoms with Gasteiger partial charge in [-0.1, -0.05) is 42.5 Å². The fraction of sp³-hybridized carbons (Fsp3) is 0.357. The standard InChI is InChI=1S/C14H18O4/c1-18-14(17)10-13(16)9-12(15)8-7-11-5-3-2-4-6-11/h2-8,12-13,15-16H,9-10H2,1H3/b8-7+/t12-,13-/m0/s1. The summed E-state index contributed by atoms with van der Waals surface area (Å²) in [6.45, 7) is 0. The van der Waals surface area contributed by atoms with Crippen LogP contribution in [-0.4, -0.2) is 35.5 Å². The molecule has 0 saturated heterocycles. The van der Waals surface area contributed by atoms with E-state index in [0.717, 1.165) is 5.56 Å². The van der Waals surface area contributed by atoms with Crippen LogP contribution in [0.3, 0.4) is 0 Å². The van der Waals surface area contributed by atoms with E-state index in [4.69, 9.17) is 0 Å². The Morgan fingerprint density at radius 1 is 1.33 bits per heavy atom. The van der Waals surface area contributed by atoms with Crippen molar-refractivity contribution >= 4 is 12.0 Å². The molecular formula is C14H18O4. The summed E-state index contributed by atoms with van der Waals surface area (Å²) in [6, 6.07) is 9.53. The van der Waals surface area contributed by atoms with Crippen molar-refractivity contribution in [3.05, 3.63) is 42.0 Å². The highest BCUT2D eigenvalue weighted by molar-refractivity contribution is 5.69. The second-order valence-corrected chi connectivity index (χ2v) is 4.01. The molecule has 0 aliphatic carbocycles. The number of benzene rings is 1. The highest BCUT2D eigenvalue weighted by atomic mass is 16.5. The Labute approximate surface area is 107 Å². The van der Waals surface area contributed by atoms with Gasteiger partial charge in [0.2, 0.25) is 0 Å². The molecule has 0 unspecified atom stereocenters. The Morgan fingerprint density at radius 3 is 2.61 bits per heavy atom. The number of ether oxygens (including phenoxy) is 1. The van der Waals surface area contributed by atoms with Crippen LogP contribution in [0.15, 0.2) is 36.4 Å². The normalized spacial score (nSPS) is 14.4. The maximum atomic E-state index is 10.9. The van der Waals surface area contributed by atoms with Crippen LogP contribution in [0.2, 0.25) is 0 Å². The highest BCUT2D eigenvalue weighted by Crippen LogP contribution is 2.07. The van der Waals surface area contributed by atoms with Gasteiger partial charge in [0.25, 0.3) is 0 Å². The van der Waals surface area contributed by atoms with Gasteiger partial charge in [0.1, 0.15) is 0 Å². The topological polar surface area (TPSA) is 66.8 Å². The smallest absolute Gasteiger partial charge is 0.308 e. The fourth-order valence-electron chi connectivity index (χ4n) is 1.50. The summed E-state index contributed by atoms with van der Waals surface area (Å²) in [5.41, 5.74) is 0.971. The zero-order chi connectivity index (χ0) is 13.4. The van der Waals surface area contributed by atoms with E-state index in [1.54, 1.807) is 12.2 Å². The summed E-state index contributed by atoms with van der Waals surface area (Å²) in [4.78, 5) is 10.9. The molecule has 0 bridgehead atoms. The second-order valence-electron chi connectivity index (χ2n) is 4.01. The van der Waals surface area contributed by atoms with Gasteiger partial charge >= 0.3 is 5.97 Å². The van der Waals surface area contributed by atoms with Crippen molar-refractivity contribution in [3.63, 3.8) is 0 Å². The Hall–Kier alpha value is -1.65. The van der Waals surface area contributed by atoms with Crippen molar-refractivity contribution in [2.75, 3.05) is 7.11 Å². The number of aliphatic hydroxyl groups is 2. The summed E-state index contributed by atoms with van der Waals surface area (Å²) >= 11 is 0. The molecule has 2 N–H and O–H groups in total. The Bertz CT molecular complexity index is 386. The molecule has 4 heteroatoms. The SMILES string of the molecule is COC(=O)C[C@@H](O)C[C@@H](O)/C=C/c1ccccc1. The molecule has 98 valence electrons. The minimum atomic E-state index is -0.895. The zero-order valence-corrected chi connectivity index (χ0v) is 10.3. The van der Waals surface area contributed by atoms with Crippen molar-refractivity contribution in [2.45, 2.75) is 25.0 Å². The van der Waals surface area contributed by atoms with Crippen molar-refractivity contribution in [3.8, 4) is 0 Å². The lowest BCUT2D eigenvalue weighted by atomic mass is 10.1. The third-order valence-electron chi connectivity index (χ3n) is 2.45. The maximum Gasteiger partial charge on any atom is 0.308 e. The molecule has 1 aromatic rings. The van der Waals surface area contributed by atoms with Gasteiger partial charge in [0, 0.05) is 6.42 Å². The van der Waals surface area contributed by atoms with Crippen LogP contribution in [0.1, 0.15) is 18.4 Å². The van der Waals surface area contributed by atoms with Crippen molar-refractivity contribution in [1.29, 1.82) is 0 Å². The van der Waals surface area contributed by atoms with Gasteiger partial charge in [-0.2, -0.15) is 0 Å². The van der Waals surface area contributed by atoms with Crippen LogP contribution in [0, 0.1) is 0 Å². The van der Waals surface area contributed by atoms with E-state index in [2.05, 4.69) is 4.74 Å². The monoisotopic (exact) mass is 250 g/mol. The third kappa shape index (κ3) is 5.61. The van der Waals surface area contributed by atoms with Crippen molar-refractivity contribution < 1.29 is 19.7 Å². The molecule has 0 aliphatic rings. The van der Waals surface area contributed by atoms with Gasteiger partial charge < -0.3 is 14.9 Å². The van der Waals surface area contributed by atoms with E-state index in [0.29, 0.717) is 0 Å². The summed E-state index contributed by atoms with van der Waals surface area (Å²) < 4.78 is 4.43. The zero-order valence-electron chi connectivity index (χ0n) is 10.3. The van der Waals surface area contributed by atoms with Gasteiger partial charge in [-0.3, -0.25) is 4.79 Å². The minimum Gasteiger partial charge on any atom is -0.469 e. The Kier molecular flexibility index (Phi) is 6.11. The van der Waals surface area contributed by atoms with Gasteiger partial charge in [-0.15, -0.1) is 0 Å². The molecule has 0 aromatic heterocycles. The summed E-state index contributed by atoms with van der Waals surface area (Å²) in [5, 5.41) is 19.2. The lowest BCUT2D eigenvalue weighted by molar-refractivity contribution is -0.143. The van der Waals surface area contributed by atoms with Crippen molar-refractivity contribution in [2.24, 2.45) is 0 Å². The summed E-state index contributed by atoms with van der Waals surface area (Å²) in [7, 11) is 1.26. The van der Waals surface area contributed by atoms with Gasteiger partial charge in [-0.25, -0.2) is 0 Å². The average molecular weight is 250 g/mol. The number of hydrogen-bond donors (Lipinski definition) is 2. The lowest BCUT2D eigenvalue weighted by Gasteiger charge is -2.11. The molecule has 18 heavy (non-hydrogen) atoms. The molecule has 0 saturated carbocycles. The van der Waals surface area contributed by atoms with Crippen LogP contribution in [0.4, 0.5) is 0 Å². The third-order valence-corrected chi connectivity index (χ3v) is 2.45. The molecule has 0 heterocycles. The van der Waals surface area contributed by atoms with Gasteiger partial charge in [0.15, 0.2) is 0 Å². The molecule has 1 aromatic carbocycles. The molecule has 1 rings (SSSR count). The summed E-state index contributed by atoms with van der Waals surface area (Å²) in [5.74, 6) is -0.485. The first-order valence-electron chi connectivity index (χ1n) is 5.78. The van der Waals surface area contributed by atoms with Crippen LogP contribution < -0.4 is 0 Å². The molecule has 2 atom stereocenters. The molecule has 0 aliphatic heterocycles. The first-order valence-corrected chi connectivity index (χ1v) is 5.78. The molecule has 0 radical (unpaired) electrons. The number of aliphatic hydroxyl groups excluding tert-OH is 2. The molecule has 4 nitrogen and oxygen atoms in total. The largest absolute Gasteiger partial charge is 0.469 e. The fourth-order valence-corrected chi connectivity index (χ4v) is 1.50. The lowest BCUT2D eigenvalue weighted by Crippen LogP contribution is -2.20. The first-order chi connectivity index (χ1) is 8.61. The minimum absolute atomic E-state index is 0.104. The van der Waals surface area contributed by atoms with Crippen LogP contribution in [0.5, 0.6) is 0 Å². The predicted octanol–water partition coefficient (Wildman–Crippen LogP) is 1.37. The molecule has 0 fully saturated rings. The number of rotatable bonds is 6. The van der Waals surface area contributed by atoms with E-state index in [1.165, 1.54) is 7.11 Å². The highest BCUT2D eigenvalue weighted by Gasteiger charge is 2.14. The van der Waals surface area contributed by atoms with Gasteiger partial charge in [-0.05, 0) is 5.56 Å². The van der Waals surface area contributed by atoms with E-state index in [-0.39, 0.29) is 12.8 Å². The number of carbonyl (C=O) groups excluding carboxylic acids is 1. The molecule has 0 amide bonds. The van der Waals surface area contributed by atoms with Crippen LogP contribution >= 0.6 is 0 Å². The van der Waals surface area contributed by atoms with E-state index >= 15 is 0 Å². The second kappa shape index (κ2) is 7.63. The first kappa shape index (κ1) is 14.4. The quantitative estimate of drug-likeness (QED) is 0.748. The predicted molar refractivity (Wildman–Crippen MR) is 68.7 cm³/mol. The van der Waals surface area contributed by atoms with E-state index in [1.807, 2.05) is 30.3 Å². The number of methoxy groups -OCH3 is 1.